The number of aryl methyl sites for hydroxylation is 2. The second-order valence-corrected chi connectivity index (χ2v) is 8.41. The summed E-state index contributed by atoms with van der Waals surface area (Å²) in [5.41, 5.74) is 5.81. The van der Waals surface area contributed by atoms with E-state index in [4.69, 9.17) is 4.98 Å². The molecular formula is C23H23BrN2O. The van der Waals surface area contributed by atoms with Crippen molar-refractivity contribution in [2.75, 3.05) is 0 Å². The van der Waals surface area contributed by atoms with Crippen LogP contribution >= 0.6 is 15.9 Å². The molecule has 0 radical (unpaired) electrons. The Labute approximate surface area is 168 Å². The highest BCUT2D eigenvalue weighted by molar-refractivity contribution is 9.10. The van der Waals surface area contributed by atoms with E-state index in [0.717, 1.165) is 45.0 Å². The lowest BCUT2D eigenvalue weighted by Gasteiger charge is -2.15. The molecule has 1 fully saturated rings. The topological polar surface area (TPSA) is 42.0 Å². The quantitative estimate of drug-likeness (QED) is 0.565. The van der Waals surface area contributed by atoms with Gasteiger partial charge in [-0.05, 0) is 62.6 Å². The number of fused-ring (bicyclic) bond motifs is 1. The first-order chi connectivity index (χ1) is 13.0. The highest BCUT2D eigenvalue weighted by Gasteiger charge is 2.21. The second kappa shape index (κ2) is 7.43. The van der Waals surface area contributed by atoms with Crippen LogP contribution in [0, 0.1) is 13.8 Å². The van der Waals surface area contributed by atoms with Gasteiger partial charge in [0.2, 0.25) is 0 Å². The van der Waals surface area contributed by atoms with E-state index in [1.165, 1.54) is 18.4 Å². The highest BCUT2D eigenvalue weighted by Crippen LogP contribution is 2.30. The normalized spacial score (nSPS) is 14.6. The van der Waals surface area contributed by atoms with E-state index < -0.39 is 0 Å². The summed E-state index contributed by atoms with van der Waals surface area (Å²) >= 11 is 3.53. The molecule has 27 heavy (non-hydrogen) atoms. The van der Waals surface area contributed by atoms with Gasteiger partial charge in [-0.15, -0.1) is 0 Å². The van der Waals surface area contributed by atoms with Crippen LogP contribution < -0.4 is 5.32 Å². The molecule has 0 aliphatic heterocycles. The van der Waals surface area contributed by atoms with Gasteiger partial charge in [-0.25, -0.2) is 4.98 Å². The van der Waals surface area contributed by atoms with E-state index in [1.807, 2.05) is 24.3 Å². The van der Waals surface area contributed by atoms with Crippen LogP contribution in [0.4, 0.5) is 0 Å². The van der Waals surface area contributed by atoms with E-state index in [9.17, 15) is 4.79 Å². The summed E-state index contributed by atoms with van der Waals surface area (Å²) in [7, 11) is 0. The van der Waals surface area contributed by atoms with Gasteiger partial charge in [0.1, 0.15) is 0 Å². The van der Waals surface area contributed by atoms with Gasteiger partial charge in [-0.3, -0.25) is 4.79 Å². The SMILES string of the molecule is Cc1ccc(C)c(-c2cc(C(=O)NC3CCCC3)c3cc(Br)ccc3n2)c1. The Morgan fingerprint density at radius 2 is 1.85 bits per heavy atom. The summed E-state index contributed by atoms with van der Waals surface area (Å²) in [6.07, 6.45) is 4.53. The molecule has 1 amide bonds. The summed E-state index contributed by atoms with van der Waals surface area (Å²) in [6.45, 7) is 4.16. The minimum Gasteiger partial charge on any atom is -0.349 e. The van der Waals surface area contributed by atoms with Crippen molar-refractivity contribution in [2.45, 2.75) is 45.6 Å². The molecule has 138 valence electrons. The van der Waals surface area contributed by atoms with E-state index in [2.05, 4.69) is 53.3 Å². The van der Waals surface area contributed by atoms with Crippen LogP contribution in [-0.2, 0) is 0 Å². The van der Waals surface area contributed by atoms with Crippen LogP contribution in [0.15, 0.2) is 46.9 Å². The van der Waals surface area contributed by atoms with Gasteiger partial charge in [0, 0.05) is 21.5 Å². The largest absolute Gasteiger partial charge is 0.349 e. The Balaban J connectivity index is 1.85. The molecule has 0 spiro atoms. The minimum absolute atomic E-state index is 0.000967. The smallest absolute Gasteiger partial charge is 0.252 e. The predicted molar refractivity (Wildman–Crippen MR) is 114 cm³/mol. The lowest BCUT2D eigenvalue weighted by molar-refractivity contribution is 0.0939. The maximum atomic E-state index is 13.1. The number of aromatic nitrogens is 1. The van der Waals surface area contributed by atoms with Gasteiger partial charge >= 0.3 is 0 Å². The van der Waals surface area contributed by atoms with Crippen LogP contribution in [0.3, 0.4) is 0 Å². The zero-order chi connectivity index (χ0) is 19.0. The molecule has 0 atom stereocenters. The molecule has 2 aromatic carbocycles. The van der Waals surface area contributed by atoms with E-state index >= 15 is 0 Å². The molecular weight excluding hydrogens is 400 g/mol. The molecule has 1 aromatic heterocycles. The van der Waals surface area contributed by atoms with Gasteiger partial charge < -0.3 is 5.32 Å². The third kappa shape index (κ3) is 3.77. The second-order valence-electron chi connectivity index (χ2n) is 7.49. The maximum absolute atomic E-state index is 13.1. The number of hydrogen-bond acceptors (Lipinski definition) is 2. The van der Waals surface area contributed by atoms with Gasteiger partial charge in [0.05, 0.1) is 16.8 Å². The first kappa shape index (κ1) is 18.2. The van der Waals surface area contributed by atoms with Crippen molar-refractivity contribution in [3.8, 4) is 11.3 Å². The number of benzene rings is 2. The Kier molecular flexibility index (Phi) is 5.00. The number of carbonyl (C=O) groups is 1. The summed E-state index contributed by atoms with van der Waals surface area (Å²) in [4.78, 5) is 18.0. The Morgan fingerprint density at radius 3 is 2.63 bits per heavy atom. The summed E-state index contributed by atoms with van der Waals surface area (Å²) < 4.78 is 0.950. The fraction of sp³-hybridized carbons (Fsp3) is 0.304. The van der Waals surface area contributed by atoms with E-state index in [0.29, 0.717) is 5.56 Å². The van der Waals surface area contributed by atoms with Crippen molar-refractivity contribution in [1.82, 2.24) is 10.3 Å². The van der Waals surface area contributed by atoms with Crippen LogP contribution in [-0.4, -0.2) is 16.9 Å². The number of amides is 1. The number of nitrogens with zero attached hydrogens (tertiary/aromatic N) is 1. The highest BCUT2D eigenvalue weighted by atomic mass is 79.9. The van der Waals surface area contributed by atoms with Gasteiger partial charge in [-0.1, -0.05) is 46.5 Å². The minimum atomic E-state index is -0.000967. The molecule has 1 heterocycles. The number of halogens is 1. The Hall–Kier alpha value is -2.20. The van der Waals surface area contributed by atoms with E-state index in [1.54, 1.807) is 0 Å². The lowest BCUT2D eigenvalue weighted by atomic mass is 9.99. The molecule has 4 rings (SSSR count). The molecule has 1 aliphatic carbocycles. The average Bonchev–Trinajstić information content (AvgIpc) is 3.16. The van der Waals surface area contributed by atoms with Crippen molar-refractivity contribution in [2.24, 2.45) is 0 Å². The zero-order valence-electron chi connectivity index (χ0n) is 15.7. The van der Waals surface area contributed by atoms with Crippen molar-refractivity contribution in [3.63, 3.8) is 0 Å². The molecule has 1 aliphatic rings. The number of nitrogens with one attached hydrogen (secondary N) is 1. The molecule has 0 saturated heterocycles. The monoisotopic (exact) mass is 422 g/mol. The molecule has 4 heteroatoms. The molecule has 1 saturated carbocycles. The van der Waals surface area contributed by atoms with Crippen LogP contribution in [0.2, 0.25) is 0 Å². The third-order valence-corrected chi connectivity index (χ3v) is 5.87. The first-order valence-corrected chi connectivity index (χ1v) is 10.3. The Morgan fingerprint density at radius 1 is 1.07 bits per heavy atom. The van der Waals surface area contributed by atoms with Crippen LogP contribution in [0.25, 0.3) is 22.2 Å². The fourth-order valence-corrected chi connectivity index (χ4v) is 4.23. The zero-order valence-corrected chi connectivity index (χ0v) is 17.3. The standard InChI is InChI=1S/C23H23BrN2O/c1-14-7-8-15(2)18(11-14)22-13-20(23(27)25-17-5-3-4-6-17)19-12-16(24)9-10-21(19)26-22/h7-13,17H,3-6H2,1-2H3,(H,25,27). The van der Waals surface area contributed by atoms with Crippen molar-refractivity contribution in [3.05, 3.63) is 63.6 Å². The first-order valence-electron chi connectivity index (χ1n) is 9.50. The number of carbonyl (C=O) groups excluding carboxylic acids is 1. The van der Waals surface area contributed by atoms with Crippen molar-refractivity contribution in [1.29, 1.82) is 0 Å². The van der Waals surface area contributed by atoms with Gasteiger partial charge in [0.25, 0.3) is 5.91 Å². The number of pyridine rings is 1. The lowest BCUT2D eigenvalue weighted by Crippen LogP contribution is -2.32. The fourth-order valence-electron chi connectivity index (χ4n) is 3.87. The molecule has 0 bridgehead atoms. The van der Waals surface area contributed by atoms with Crippen molar-refractivity contribution < 1.29 is 4.79 Å². The average molecular weight is 423 g/mol. The summed E-state index contributed by atoms with van der Waals surface area (Å²) in [6, 6.07) is 14.5. The molecule has 1 N–H and O–H groups in total. The summed E-state index contributed by atoms with van der Waals surface area (Å²) in [5.74, 6) is -0.000967. The molecule has 0 unspecified atom stereocenters. The number of rotatable bonds is 3. The van der Waals surface area contributed by atoms with Gasteiger partial charge in [-0.2, -0.15) is 0 Å². The maximum Gasteiger partial charge on any atom is 0.252 e. The van der Waals surface area contributed by atoms with Crippen molar-refractivity contribution >= 4 is 32.7 Å². The Bertz CT molecular complexity index is 1020. The van der Waals surface area contributed by atoms with Crippen LogP contribution in [0.5, 0.6) is 0 Å². The molecule has 3 nitrogen and oxygen atoms in total. The predicted octanol–water partition coefficient (Wildman–Crippen LogP) is 5.95. The van der Waals surface area contributed by atoms with Crippen LogP contribution in [0.1, 0.15) is 47.2 Å². The van der Waals surface area contributed by atoms with E-state index in [-0.39, 0.29) is 11.9 Å². The third-order valence-electron chi connectivity index (χ3n) is 5.37. The van der Waals surface area contributed by atoms with Gasteiger partial charge in [0.15, 0.2) is 0 Å². The summed E-state index contributed by atoms with van der Waals surface area (Å²) in [5, 5.41) is 4.11. The number of hydrogen-bond donors (Lipinski definition) is 1. The molecule has 3 aromatic rings.